The Hall–Kier alpha value is -2.05. The lowest BCUT2D eigenvalue weighted by Gasteiger charge is -2.60. The molecule has 6 aliphatic rings. The van der Waals surface area contributed by atoms with Crippen LogP contribution in [0.4, 0.5) is 0 Å². The van der Waals surface area contributed by atoms with Crippen LogP contribution in [0.2, 0.25) is 0 Å². The molecule has 0 bridgehead atoms. The number of esters is 1. The van der Waals surface area contributed by atoms with Gasteiger partial charge in [0.2, 0.25) is 5.60 Å². The SMILES string of the molecule is C[C@@H]1CC[C@@]2(OC1)O[C@H]1C[C@H]3[C@@H]4CC=C5C[C@@H](O)C[C@@H](OC(=O)CC(O)(C(=O)O)C(O)C(=O)O)[C@]5(C)[C@H]4CC[C@]3(C)[C@H]1[C@@H]2C. The lowest BCUT2D eigenvalue weighted by atomic mass is 9.46. The Kier molecular flexibility index (Phi) is 7.80. The number of aliphatic carboxylic acids is 2. The second-order valence-electron chi connectivity index (χ2n) is 15.4. The molecule has 0 amide bonds. The zero-order chi connectivity index (χ0) is 32.0. The van der Waals surface area contributed by atoms with Crippen molar-refractivity contribution in [1.29, 1.82) is 0 Å². The Balaban J connectivity index is 1.24. The Bertz CT molecular complexity index is 1220. The number of carboxylic acid groups (broad SMARTS) is 2. The van der Waals surface area contributed by atoms with Crippen LogP contribution in [0, 0.1) is 46.3 Å². The summed E-state index contributed by atoms with van der Waals surface area (Å²) in [6.45, 7) is 9.74. The molecular formula is C33H48O11. The standard InChI is InChI=1S/C33H48O11/c1-16-7-10-33(42-15-16)17(2)26-23(44-33)13-22-20-6-5-18-11-19(34)12-24(31(18,4)21(20)8-9-30(22,26)3)43-25(35)14-32(41,29(39)40)27(36)28(37)38/h5,16-17,19-24,26-27,34,36,41H,6-15H2,1-4H3,(H,37,38)(H,39,40)/t16-,17+,19-,20-,21+,22+,23+,24-,26+,27?,30+,31+,32?,33-/m1/s1. The van der Waals surface area contributed by atoms with Gasteiger partial charge in [0.05, 0.1) is 25.2 Å². The normalized spacial score (nSPS) is 48.2. The summed E-state index contributed by atoms with van der Waals surface area (Å²) in [7, 11) is 0. The maximum absolute atomic E-state index is 13.1. The number of carboxylic acids is 2. The van der Waals surface area contributed by atoms with Crippen molar-refractivity contribution in [2.45, 2.75) is 121 Å². The van der Waals surface area contributed by atoms with Crippen LogP contribution in [0.1, 0.15) is 85.5 Å². The summed E-state index contributed by atoms with van der Waals surface area (Å²) >= 11 is 0. The number of hydrogen-bond acceptors (Lipinski definition) is 9. The van der Waals surface area contributed by atoms with Crippen LogP contribution in [-0.4, -0.2) is 85.9 Å². The van der Waals surface area contributed by atoms with Crippen molar-refractivity contribution in [3.63, 3.8) is 0 Å². The van der Waals surface area contributed by atoms with Crippen molar-refractivity contribution in [3.05, 3.63) is 11.6 Å². The van der Waals surface area contributed by atoms with Gasteiger partial charge in [0.1, 0.15) is 6.10 Å². The minimum absolute atomic E-state index is 0.0637. The van der Waals surface area contributed by atoms with Gasteiger partial charge in [-0.05, 0) is 73.5 Å². The van der Waals surface area contributed by atoms with E-state index in [-0.39, 0.29) is 29.8 Å². The first-order valence-corrected chi connectivity index (χ1v) is 16.3. The number of aliphatic hydroxyl groups is 3. The summed E-state index contributed by atoms with van der Waals surface area (Å²) in [6.07, 6.45) is 3.09. The number of ether oxygens (including phenoxy) is 3. The molecule has 11 heteroatoms. The third-order valence-corrected chi connectivity index (χ3v) is 13.2. The average molecular weight is 621 g/mol. The van der Waals surface area contributed by atoms with Gasteiger partial charge in [-0.15, -0.1) is 0 Å². The van der Waals surface area contributed by atoms with E-state index >= 15 is 0 Å². The molecule has 246 valence electrons. The molecular weight excluding hydrogens is 572 g/mol. The van der Waals surface area contributed by atoms with Gasteiger partial charge in [0.25, 0.3) is 0 Å². The molecule has 2 unspecified atom stereocenters. The molecule has 11 nitrogen and oxygen atoms in total. The van der Waals surface area contributed by atoms with Gasteiger partial charge in [-0.1, -0.05) is 39.3 Å². The highest BCUT2D eigenvalue weighted by Gasteiger charge is 2.69. The summed E-state index contributed by atoms with van der Waals surface area (Å²) < 4.78 is 19.2. The van der Waals surface area contributed by atoms with Gasteiger partial charge in [-0.2, -0.15) is 0 Å². The lowest BCUT2D eigenvalue weighted by molar-refractivity contribution is -0.272. The molecule has 4 aliphatic carbocycles. The Morgan fingerprint density at radius 3 is 2.48 bits per heavy atom. The minimum atomic E-state index is -3.26. The fraction of sp³-hybridized carbons (Fsp3) is 0.848. The van der Waals surface area contributed by atoms with Gasteiger partial charge >= 0.3 is 17.9 Å². The number of fused-ring (bicyclic) bond motifs is 7. The molecule has 3 saturated carbocycles. The monoisotopic (exact) mass is 620 g/mol. The molecule has 6 rings (SSSR count). The van der Waals surface area contributed by atoms with E-state index in [1.807, 2.05) is 0 Å². The van der Waals surface area contributed by atoms with Crippen LogP contribution in [-0.2, 0) is 28.6 Å². The van der Waals surface area contributed by atoms with Crippen LogP contribution in [0.5, 0.6) is 0 Å². The number of aliphatic hydroxyl groups excluding tert-OH is 2. The van der Waals surface area contributed by atoms with E-state index in [0.29, 0.717) is 30.1 Å². The zero-order valence-electron chi connectivity index (χ0n) is 26.1. The number of carbonyl (C=O) groups is 3. The molecule has 0 aromatic rings. The topological polar surface area (TPSA) is 180 Å². The number of carbonyl (C=O) groups excluding carboxylic acids is 1. The first-order chi connectivity index (χ1) is 20.6. The smallest absolute Gasteiger partial charge is 0.339 e. The van der Waals surface area contributed by atoms with Crippen molar-refractivity contribution < 1.29 is 54.1 Å². The van der Waals surface area contributed by atoms with Crippen molar-refractivity contribution in [1.82, 2.24) is 0 Å². The van der Waals surface area contributed by atoms with Crippen molar-refractivity contribution >= 4 is 17.9 Å². The quantitative estimate of drug-likeness (QED) is 0.218. The van der Waals surface area contributed by atoms with Gasteiger partial charge in [-0.25, -0.2) is 9.59 Å². The average Bonchev–Trinajstić information content (AvgIpc) is 3.40. The molecule has 1 spiro atoms. The molecule has 0 aromatic carbocycles. The van der Waals surface area contributed by atoms with E-state index in [4.69, 9.17) is 19.3 Å². The van der Waals surface area contributed by atoms with Crippen LogP contribution in [0.3, 0.4) is 0 Å². The first kappa shape index (κ1) is 31.9. The zero-order valence-corrected chi connectivity index (χ0v) is 26.1. The molecule has 5 N–H and O–H groups in total. The molecule has 2 aliphatic heterocycles. The second kappa shape index (κ2) is 10.8. The van der Waals surface area contributed by atoms with Gasteiger partial charge < -0.3 is 39.7 Å². The Labute approximate surface area is 257 Å². The van der Waals surface area contributed by atoms with E-state index in [1.54, 1.807) is 0 Å². The highest BCUT2D eigenvalue weighted by atomic mass is 16.7. The van der Waals surface area contributed by atoms with E-state index in [9.17, 15) is 34.8 Å². The molecule has 44 heavy (non-hydrogen) atoms. The molecule has 14 atom stereocenters. The van der Waals surface area contributed by atoms with E-state index < -0.39 is 59.4 Å². The highest BCUT2D eigenvalue weighted by Crippen LogP contribution is 2.70. The molecule has 2 heterocycles. The maximum Gasteiger partial charge on any atom is 0.339 e. The molecule has 2 saturated heterocycles. The van der Waals surface area contributed by atoms with E-state index in [2.05, 4.69) is 33.8 Å². The Morgan fingerprint density at radius 2 is 1.84 bits per heavy atom. The lowest BCUT2D eigenvalue weighted by Crippen LogP contribution is -2.58. The molecule has 5 fully saturated rings. The summed E-state index contributed by atoms with van der Waals surface area (Å²) in [4.78, 5) is 36.2. The summed E-state index contributed by atoms with van der Waals surface area (Å²) in [5, 5.41) is 49.8. The van der Waals surface area contributed by atoms with Crippen LogP contribution >= 0.6 is 0 Å². The number of rotatable bonds is 6. The highest BCUT2D eigenvalue weighted by molar-refractivity contribution is 5.91. The fourth-order valence-corrected chi connectivity index (χ4v) is 10.8. The van der Waals surface area contributed by atoms with Crippen molar-refractivity contribution in [2.24, 2.45) is 46.3 Å². The van der Waals surface area contributed by atoms with Gasteiger partial charge in [0.15, 0.2) is 11.9 Å². The largest absolute Gasteiger partial charge is 0.479 e. The first-order valence-electron chi connectivity index (χ1n) is 16.3. The van der Waals surface area contributed by atoms with Crippen LogP contribution < -0.4 is 0 Å². The molecule has 0 aromatic heterocycles. The second-order valence-corrected chi connectivity index (χ2v) is 15.4. The van der Waals surface area contributed by atoms with E-state index in [0.717, 1.165) is 50.7 Å². The molecule has 0 radical (unpaired) electrons. The predicted octanol–water partition coefficient (Wildman–Crippen LogP) is 2.89. The fourth-order valence-electron chi connectivity index (χ4n) is 10.8. The Morgan fingerprint density at radius 1 is 1.11 bits per heavy atom. The third-order valence-electron chi connectivity index (χ3n) is 13.2. The summed E-state index contributed by atoms with van der Waals surface area (Å²) in [5.41, 5.74) is -2.80. The van der Waals surface area contributed by atoms with Gasteiger partial charge in [0, 0.05) is 24.2 Å². The van der Waals surface area contributed by atoms with E-state index in [1.165, 1.54) is 0 Å². The predicted molar refractivity (Wildman–Crippen MR) is 154 cm³/mol. The third kappa shape index (κ3) is 4.59. The van der Waals surface area contributed by atoms with Crippen LogP contribution in [0.25, 0.3) is 0 Å². The maximum atomic E-state index is 13.1. The number of allylic oxidation sites excluding steroid dienone is 1. The van der Waals surface area contributed by atoms with Crippen molar-refractivity contribution in [3.8, 4) is 0 Å². The minimum Gasteiger partial charge on any atom is -0.479 e. The van der Waals surface area contributed by atoms with Crippen LogP contribution in [0.15, 0.2) is 11.6 Å². The summed E-state index contributed by atoms with van der Waals surface area (Å²) in [5.74, 6) is -3.61. The summed E-state index contributed by atoms with van der Waals surface area (Å²) in [6, 6.07) is 0. The number of hydrogen-bond donors (Lipinski definition) is 5. The van der Waals surface area contributed by atoms with Crippen molar-refractivity contribution in [2.75, 3.05) is 6.61 Å². The van der Waals surface area contributed by atoms with Gasteiger partial charge in [-0.3, -0.25) is 4.79 Å².